The van der Waals surface area contributed by atoms with Gasteiger partial charge in [-0.3, -0.25) is 0 Å². The van der Waals surface area contributed by atoms with Gasteiger partial charge < -0.3 is 9.47 Å². The van der Waals surface area contributed by atoms with E-state index in [9.17, 15) is 0 Å². The Balaban J connectivity index is 1.83. The summed E-state index contributed by atoms with van der Waals surface area (Å²) in [6.07, 6.45) is 4.61. The summed E-state index contributed by atoms with van der Waals surface area (Å²) in [7, 11) is 0. The maximum absolute atomic E-state index is 6.41. The number of rotatable bonds is 7. The number of ether oxygens (including phenoxy) is 2. The smallest absolute Gasteiger partial charge is 0.180 e. The largest absolute Gasteiger partial charge is 0.490 e. The zero-order valence-electron chi connectivity index (χ0n) is 14.0. The molecule has 0 aliphatic rings. The van der Waals surface area contributed by atoms with E-state index in [4.69, 9.17) is 32.7 Å². The first-order chi connectivity index (χ1) is 12.7. The van der Waals surface area contributed by atoms with E-state index in [1.165, 1.54) is 17.3 Å². The van der Waals surface area contributed by atoms with E-state index in [1.54, 1.807) is 12.3 Å². The van der Waals surface area contributed by atoms with Gasteiger partial charge >= 0.3 is 0 Å². The zero-order valence-corrected chi connectivity index (χ0v) is 15.5. The Kier molecular flexibility index (Phi) is 6.09. The van der Waals surface area contributed by atoms with Crippen molar-refractivity contribution in [3.8, 4) is 11.5 Å². The summed E-state index contributed by atoms with van der Waals surface area (Å²) in [6.45, 7) is 2.65. The van der Waals surface area contributed by atoms with E-state index in [-0.39, 0.29) is 6.61 Å². The first kappa shape index (κ1) is 18.2. The SMILES string of the molecule is CCOc1cc(/C=N/n2cnnc2)cc(Cl)c1OCc1ccccc1Cl. The normalized spacial score (nSPS) is 11.0. The predicted molar refractivity (Wildman–Crippen MR) is 101 cm³/mol. The molecule has 0 unspecified atom stereocenters. The molecule has 0 aliphatic carbocycles. The first-order valence-electron chi connectivity index (χ1n) is 7.89. The van der Waals surface area contributed by atoms with Crippen molar-refractivity contribution in [2.45, 2.75) is 13.5 Å². The maximum atomic E-state index is 6.41. The van der Waals surface area contributed by atoms with Crippen molar-refractivity contribution in [2.24, 2.45) is 5.10 Å². The summed E-state index contributed by atoms with van der Waals surface area (Å²) < 4.78 is 13.0. The number of benzene rings is 2. The molecular weight excluding hydrogens is 375 g/mol. The van der Waals surface area contributed by atoms with Crippen LogP contribution in [0.4, 0.5) is 0 Å². The molecule has 0 spiro atoms. The number of halogens is 2. The minimum absolute atomic E-state index is 0.285. The van der Waals surface area contributed by atoms with E-state index in [1.807, 2.05) is 37.3 Å². The van der Waals surface area contributed by atoms with Crippen LogP contribution in [0, 0.1) is 0 Å². The van der Waals surface area contributed by atoms with Crippen molar-refractivity contribution in [1.29, 1.82) is 0 Å². The lowest BCUT2D eigenvalue weighted by atomic mass is 10.2. The molecule has 1 aromatic heterocycles. The summed E-state index contributed by atoms with van der Waals surface area (Å²) >= 11 is 12.6. The Hall–Kier alpha value is -2.57. The minimum Gasteiger partial charge on any atom is -0.490 e. The molecule has 0 N–H and O–H groups in total. The Morgan fingerprint density at radius 1 is 1.08 bits per heavy atom. The van der Waals surface area contributed by atoms with Crippen LogP contribution in [0.15, 0.2) is 54.2 Å². The second kappa shape index (κ2) is 8.69. The summed E-state index contributed by atoms with van der Waals surface area (Å²) in [5.74, 6) is 1.01. The second-order valence-corrected chi connectivity index (χ2v) is 6.04. The van der Waals surface area contributed by atoms with Crippen LogP contribution < -0.4 is 9.47 Å². The van der Waals surface area contributed by atoms with Gasteiger partial charge in [-0.15, -0.1) is 10.2 Å². The van der Waals surface area contributed by atoms with Crippen LogP contribution in [-0.2, 0) is 6.61 Å². The highest BCUT2D eigenvalue weighted by Crippen LogP contribution is 2.37. The predicted octanol–water partition coefficient (Wildman–Crippen LogP) is 4.44. The van der Waals surface area contributed by atoms with Crippen LogP contribution >= 0.6 is 23.2 Å². The third kappa shape index (κ3) is 4.53. The molecule has 0 aliphatic heterocycles. The van der Waals surface area contributed by atoms with Gasteiger partial charge in [0.1, 0.15) is 19.3 Å². The molecule has 0 saturated heterocycles. The van der Waals surface area contributed by atoms with Crippen molar-refractivity contribution in [1.82, 2.24) is 14.9 Å². The van der Waals surface area contributed by atoms with E-state index >= 15 is 0 Å². The molecule has 0 atom stereocenters. The second-order valence-electron chi connectivity index (χ2n) is 5.23. The van der Waals surface area contributed by atoms with Crippen LogP contribution in [0.25, 0.3) is 0 Å². The van der Waals surface area contributed by atoms with Crippen molar-refractivity contribution < 1.29 is 9.47 Å². The fourth-order valence-electron chi connectivity index (χ4n) is 2.22. The third-order valence-electron chi connectivity index (χ3n) is 3.41. The van der Waals surface area contributed by atoms with E-state index < -0.39 is 0 Å². The molecule has 8 heteroatoms. The van der Waals surface area contributed by atoms with Crippen LogP contribution in [0.2, 0.25) is 10.0 Å². The van der Waals surface area contributed by atoms with Crippen molar-refractivity contribution in [3.05, 3.63) is 70.2 Å². The van der Waals surface area contributed by atoms with Crippen LogP contribution in [0.1, 0.15) is 18.1 Å². The molecule has 0 radical (unpaired) electrons. The highest BCUT2D eigenvalue weighted by atomic mass is 35.5. The molecule has 6 nitrogen and oxygen atoms in total. The average Bonchev–Trinajstić information content (AvgIpc) is 3.14. The fourth-order valence-corrected chi connectivity index (χ4v) is 2.68. The van der Waals surface area contributed by atoms with Gasteiger partial charge in [-0.2, -0.15) is 5.10 Å². The van der Waals surface area contributed by atoms with Crippen LogP contribution in [0.3, 0.4) is 0 Å². The molecule has 0 amide bonds. The van der Waals surface area contributed by atoms with Gasteiger partial charge in [0, 0.05) is 10.6 Å². The number of hydrogen-bond acceptors (Lipinski definition) is 5. The summed E-state index contributed by atoms with van der Waals surface area (Å²) in [5, 5.41) is 12.7. The standard InChI is InChI=1S/C18H16Cl2N4O2/c1-2-25-17-8-13(9-23-24-11-21-22-12-24)7-16(20)18(17)26-10-14-5-3-4-6-15(14)19/h3-9,11-12H,2,10H2,1H3/b23-9+. The van der Waals surface area contributed by atoms with Crippen LogP contribution in [-0.4, -0.2) is 27.7 Å². The Bertz CT molecular complexity index is 898. The minimum atomic E-state index is 0.285. The monoisotopic (exact) mass is 390 g/mol. The highest BCUT2D eigenvalue weighted by molar-refractivity contribution is 6.32. The van der Waals surface area contributed by atoms with E-state index in [0.29, 0.717) is 28.2 Å². The molecule has 26 heavy (non-hydrogen) atoms. The summed E-state index contributed by atoms with van der Waals surface area (Å²) in [5.41, 5.74) is 1.63. The Morgan fingerprint density at radius 3 is 2.58 bits per heavy atom. The molecule has 1 heterocycles. The highest BCUT2D eigenvalue weighted by Gasteiger charge is 2.13. The van der Waals surface area contributed by atoms with Gasteiger partial charge in [0.25, 0.3) is 0 Å². The molecule has 134 valence electrons. The molecular formula is C18H16Cl2N4O2. The van der Waals surface area contributed by atoms with Gasteiger partial charge in [-0.25, -0.2) is 4.68 Å². The zero-order chi connectivity index (χ0) is 18.4. The van der Waals surface area contributed by atoms with Gasteiger partial charge in [-0.05, 0) is 30.7 Å². The number of hydrogen-bond donors (Lipinski definition) is 0. The van der Waals surface area contributed by atoms with Crippen molar-refractivity contribution in [3.63, 3.8) is 0 Å². The summed E-state index contributed by atoms with van der Waals surface area (Å²) in [6, 6.07) is 11.0. The third-order valence-corrected chi connectivity index (χ3v) is 4.06. The topological polar surface area (TPSA) is 61.5 Å². The van der Waals surface area contributed by atoms with Gasteiger partial charge in [0.2, 0.25) is 0 Å². The Morgan fingerprint density at radius 2 is 1.85 bits per heavy atom. The lowest BCUT2D eigenvalue weighted by Gasteiger charge is -2.15. The van der Waals surface area contributed by atoms with E-state index in [0.717, 1.165) is 11.1 Å². The van der Waals surface area contributed by atoms with Gasteiger partial charge in [0.15, 0.2) is 11.5 Å². The molecule has 0 fully saturated rings. The van der Waals surface area contributed by atoms with Gasteiger partial charge in [0.05, 0.1) is 17.8 Å². The molecule has 0 bridgehead atoms. The Labute approximate surface area is 161 Å². The molecule has 0 saturated carbocycles. The first-order valence-corrected chi connectivity index (χ1v) is 8.64. The lowest BCUT2D eigenvalue weighted by Crippen LogP contribution is -2.02. The lowest BCUT2D eigenvalue weighted by molar-refractivity contribution is 0.269. The summed E-state index contributed by atoms with van der Waals surface area (Å²) in [4.78, 5) is 0. The van der Waals surface area contributed by atoms with Crippen LogP contribution in [0.5, 0.6) is 11.5 Å². The fraction of sp³-hybridized carbons (Fsp3) is 0.167. The molecule has 3 rings (SSSR count). The van der Waals surface area contributed by atoms with Gasteiger partial charge in [-0.1, -0.05) is 41.4 Å². The number of aromatic nitrogens is 3. The number of nitrogens with zero attached hydrogens (tertiary/aromatic N) is 4. The van der Waals surface area contributed by atoms with Crippen molar-refractivity contribution >= 4 is 29.4 Å². The average molecular weight is 391 g/mol. The van der Waals surface area contributed by atoms with E-state index in [2.05, 4.69) is 15.3 Å². The molecule has 2 aromatic carbocycles. The quantitative estimate of drug-likeness (QED) is 0.559. The molecule has 3 aromatic rings. The maximum Gasteiger partial charge on any atom is 0.180 e. The van der Waals surface area contributed by atoms with Crippen molar-refractivity contribution in [2.75, 3.05) is 6.61 Å².